The highest BCUT2D eigenvalue weighted by Gasteiger charge is 2.21. The van der Waals surface area contributed by atoms with Crippen molar-refractivity contribution in [2.24, 2.45) is 0 Å². The molecule has 4 nitrogen and oxygen atoms in total. The minimum atomic E-state index is -0.268. The summed E-state index contributed by atoms with van der Waals surface area (Å²) in [5.41, 5.74) is 0.998. The Kier molecular flexibility index (Phi) is 5.76. The van der Waals surface area contributed by atoms with Crippen LogP contribution in [0.5, 0.6) is 0 Å². The molecule has 2 radical (unpaired) electrons. The van der Waals surface area contributed by atoms with Gasteiger partial charge in [-0.25, -0.2) is 0 Å². The van der Waals surface area contributed by atoms with Crippen molar-refractivity contribution in [1.29, 1.82) is 0 Å². The minimum absolute atomic E-state index is 0.268. The monoisotopic (exact) mass is 567 g/mol. The molecule has 0 aliphatic carbocycles. The van der Waals surface area contributed by atoms with Crippen LogP contribution in [0.15, 0.2) is 0 Å². The maximum Gasteiger partial charge on any atom is 0.235 e. The van der Waals surface area contributed by atoms with Gasteiger partial charge in [-0.15, -0.1) is 0 Å². The number of anilines is 1. The zero-order valence-corrected chi connectivity index (χ0v) is 14.8. The Labute approximate surface area is 139 Å². The lowest BCUT2D eigenvalue weighted by molar-refractivity contribution is -0.114. The molecule has 1 aromatic rings. The molecule has 88 valence electrons. The molecule has 0 aliphatic rings. The van der Waals surface area contributed by atoms with Crippen LogP contribution in [0.25, 0.3) is 0 Å². The molecule has 0 aliphatic heterocycles. The average molecular weight is 567 g/mol. The molecule has 1 rings (SSSR count). The first kappa shape index (κ1) is 15.3. The molecule has 0 bridgehead atoms. The molecule has 0 atom stereocenters. The molecule has 0 saturated heterocycles. The van der Waals surface area contributed by atoms with E-state index in [4.69, 9.17) is 0 Å². The van der Waals surface area contributed by atoms with Gasteiger partial charge in [-0.05, 0) is 67.8 Å². The van der Waals surface area contributed by atoms with Crippen LogP contribution in [-0.4, -0.2) is 18.5 Å². The van der Waals surface area contributed by atoms with Gasteiger partial charge in [0.2, 0.25) is 18.5 Å². The second-order valence-electron chi connectivity index (χ2n) is 2.95. The van der Waals surface area contributed by atoms with Gasteiger partial charge in [0, 0.05) is 10.5 Å². The molecule has 0 aromatic heterocycles. The summed E-state index contributed by atoms with van der Waals surface area (Å²) in [5, 5.41) is 2.60. The molecule has 0 heterocycles. The number of hydrogen-bond donors (Lipinski definition) is 1. The quantitative estimate of drug-likeness (QED) is 0.572. The topological polar surface area (TPSA) is 63.2 Å². The molecule has 1 aromatic carbocycles. The van der Waals surface area contributed by atoms with Gasteiger partial charge in [0.25, 0.3) is 0 Å². The van der Waals surface area contributed by atoms with E-state index in [0.717, 1.165) is 0 Å². The van der Waals surface area contributed by atoms with Crippen LogP contribution in [-0.2, 0) is 14.4 Å². The van der Waals surface area contributed by atoms with Crippen LogP contribution >= 0.6 is 67.8 Å². The number of halogens is 3. The van der Waals surface area contributed by atoms with Crippen molar-refractivity contribution in [1.82, 2.24) is 0 Å². The third-order valence-electron chi connectivity index (χ3n) is 1.82. The third-order valence-corrected chi connectivity index (χ3v) is 5.06. The molecule has 17 heavy (non-hydrogen) atoms. The molecule has 0 fully saturated rings. The second kappa shape index (κ2) is 6.41. The van der Waals surface area contributed by atoms with E-state index in [9.17, 15) is 14.4 Å². The molecule has 1 N–H and O–H groups in total. The summed E-state index contributed by atoms with van der Waals surface area (Å²) >= 11 is 5.78. The Bertz CT molecular complexity index is 479. The first-order valence-electron chi connectivity index (χ1n) is 4.18. The van der Waals surface area contributed by atoms with Gasteiger partial charge in [0.15, 0.2) is 0 Å². The van der Waals surface area contributed by atoms with E-state index in [1.165, 1.54) is 6.92 Å². The van der Waals surface area contributed by atoms with Crippen molar-refractivity contribution >= 4 is 91.9 Å². The Hall–Kier alpha value is 0.220. The predicted octanol–water partition coefficient (Wildman–Crippen LogP) is 2.37. The van der Waals surface area contributed by atoms with Gasteiger partial charge in [0.05, 0.1) is 24.0 Å². The zero-order chi connectivity index (χ0) is 13.2. The number of carbonyl (C=O) groups excluding carboxylic acids is 3. The van der Waals surface area contributed by atoms with Crippen molar-refractivity contribution in [3.63, 3.8) is 0 Å². The normalized spacial score (nSPS) is 9.88. The maximum atomic E-state index is 11.1. The van der Waals surface area contributed by atoms with E-state index in [0.29, 0.717) is 16.4 Å². The fraction of sp³-hybridized carbons (Fsp3) is 0.100. The summed E-state index contributed by atoms with van der Waals surface area (Å²) in [6, 6.07) is 0. The van der Waals surface area contributed by atoms with Crippen molar-refractivity contribution in [2.45, 2.75) is 6.92 Å². The van der Waals surface area contributed by atoms with E-state index < -0.39 is 0 Å². The first-order chi connectivity index (χ1) is 7.93. The highest BCUT2D eigenvalue weighted by Crippen LogP contribution is 2.33. The lowest BCUT2D eigenvalue weighted by atomic mass is 10.1. The zero-order valence-electron chi connectivity index (χ0n) is 8.36. The number of hydrogen-bond acceptors (Lipinski definition) is 3. The van der Waals surface area contributed by atoms with E-state index in [-0.39, 0.29) is 17.0 Å². The van der Waals surface area contributed by atoms with Crippen LogP contribution in [0.1, 0.15) is 18.1 Å². The predicted molar refractivity (Wildman–Crippen MR) is 88.5 cm³/mol. The van der Waals surface area contributed by atoms with Crippen LogP contribution in [0, 0.1) is 10.7 Å². The Morgan fingerprint density at radius 3 is 1.71 bits per heavy atom. The van der Waals surface area contributed by atoms with Crippen LogP contribution in [0.4, 0.5) is 5.69 Å². The largest absolute Gasteiger partial charge is 0.324 e. The van der Waals surface area contributed by atoms with Crippen molar-refractivity contribution in [2.75, 3.05) is 5.32 Å². The number of benzene rings is 1. The number of amides is 1. The Morgan fingerprint density at radius 2 is 1.41 bits per heavy atom. The Morgan fingerprint density at radius 1 is 1.00 bits per heavy atom. The van der Waals surface area contributed by atoms with E-state index in [1.807, 2.05) is 67.8 Å². The van der Waals surface area contributed by atoms with Crippen molar-refractivity contribution in [3.8, 4) is 0 Å². The van der Waals surface area contributed by atoms with Crippen molar-refractivity contribution < 1.29 is 14.4 Å². The summed E-state index contributed by atoms with van der Waals surface area (Å²) in [5.74, 6) is -0.268. The SMILES string of the molecule is CC(=O)Nc1c(I)c([C]=O)c(I)c([C]=O)c1I. The molecular formula is C10H4I3NO3. The average Bonchev–Trinajstić information content (AvgIpc) is 2.25. The smallest absolute Gasteiger partial charge is 0.235 e. The van der Waals surface area contributed by atoms with E-state index in [1.54, 1.807) is 12.6 Å². The summed E-state index contributed by atoms with van der Waals surface area (Å²) in [6.07, 6.45) is 3.56. The molecule has 0 saturated carbocycles. The van der Waals surface area contributed by atoms with Gasteiger partial charge >= 0.3 is 0 Å². The van der Waals surface area contributed by atoms with Crippen LogP contribution in [0.2, 0.25) is 0 Å². The van der Waals surface area contributed by atoms with Crippen molar-refractivity contribution in [3.05, 3.63) is 21.8 Å². The van der Waals surface area contributed by atoms with Gasteiger partial charge < -0.3 is 5.32 Å². The summed E-state index contributed by atoms with van der Waals surface area (Å²) in [6.45, 7) is 1.36. The van der Waals surface area contributed by atoms with Gasteiger partial charge in [-0.3, -0.25) is 14.4 Å². The third kappa shape index (κ3) is 3.16. The fourth-order valence-electron chi connectivity index (χ4n) is 1.13. The second-order valence-corrected chi connectivity index (χ2v) is 6.19. The standard InChI is InChI=1S/C10H4I3NO3/c1-4(17)14-10-8(12)5(2-15)7(11)6(3-16)9(10)13/h1H3,(H,14,17). The molecule has 1 amide bonds. The molecule has 0 unspecified atom stereocenters. The van der Waals surface area contributed by atoms with Crippen LogP contribution < -0.4 is 5.32 Å². The number of nitrogens with one attached hydrogen (secondary N) is 1. The lowest BCUT2D eigenvalue weighted by Gasteiger charge is -2.13. The summed E-state index contributed by atoms with van der Waals surface area (Å²) in [4.78, 5) is 32.9. The molecular weight excluding hydrogens is 563 g/mol. The van der Waals surface area contributed by atoms with E-state index >= 15 is 0 Å². The summed E-state index contributed by atoms with van der Waals surface area (Å²) in [7, 11) is 0. The van der Waals surface area contributed by atoms with Crippen LogP contribution in [0.3, 0.4) is 0 Å². The van der Waals surface area contributed by atoms with E-state index in [2.05, 4.69) is 5.32 Å². The lowest BCUT2D eigenvalue weighted by Crippen LogP contribution is -2.13. The number of rotatable bonds is 3. The van der Waals surface area contributed by atoms with Gasteiger partial charge in [0.1, 0.15) is 0 Å². The van der Waals surface area contributed by atoms with Gasteiger partial charge in [-0.1, -0.05) is 0 Å². The fourth-order valence-corrected chi connectivity index (χ4v) is 5.01. The summed E-state index contributed by atoms with van der Waals surface area (Å²) < 4.78 is 1.64. The maximum absolute atomic E-state index is 11.1. The molecule has 7 heteroatoms. The highest BCUT2D eigenvalue weighted by molar-refractivity contribution is 14.1. The van der Waals surface area contributed by atoms with Gasteiger partial charge in [-0.2, -0.15) is 0 Å². The Balaban J connectivity index is 3.64. The first-order valence-corrected chi connectivity index (χ1v) is 7.42. The molecule has 0 spiro atoms. The minimum Gasteiger partial charge on any atom is -0.324 e. The number of carbonyl (C=O) groups is 1. The highest BCUT2D eigenvalue weighted by atomic mass is 127.